The Labute approximate surface area is 109 Å². The second-order valence-corrected chi connectivity index (χ2v) is 5.43. The van der Waals surface area contributed by atoms with Gasteiger partial charge >= 0.3 is 6.03 Å². The normalized spacial score (nSPS) is 12.9. The molecule has 0 fully saturated rings. The summed E-state index contributed by atoms with van der Waals surface area (Å²) in [6.07, 6.45) is 0. The van der Waals surface area contributed by atoms with Gasteiger partial charge in [0.1, 0.15) is 0 Å². The van der Waals surface area contributed by atoms with Crippen LogP contribution in [0.2, 0.25) is 0 Å². The molecule has 0 radical (unpaired) electrons. The van der Waals surface area contributed by atoms with E-state index >= 15 is 0 Å². The summed E-state index contributed by atoms with van der Waals surface area (Å²) in [6.45, 7) is 7.92. The Kier molecular flexibility index (Phi) is 4.73. The minimum atomic E-state index is -0.242. The smallest absolute Gasteiger partial charge is 0.319 e. The van der Waals surface area contributed by atoms with Crippen molar-refractivity contribution < 1.29 is 4.79 Å². The number of benzene rings is 1. The Morgan fingerprint density at radius 1 is 1.22 bits per heavy atom. The zero-order chi connectivity index (χ0) is 13.8. The average molecular weight is 249 g/mol. The van der Waals surface area contributed by atoms with Crippen molar-refractivity contribution in [3.8, 4) is 0 Å². The lowest BCUT2D eigenvalue weighted by Crippen LogP contribution is -2.43. The van der Waals surface area contributed by atoms with E-state index in [2.05, 4.69) is 22.9 Å². The maximum absolute atomic E-state index is 11.8. The first-order chi connectivity index (χ1) is 8.33. The molecule has 2 amide bonds. The van der Waals surface area contributed by atoms with E-state index in [1.54, 1.807) is 0 Å². The maximum Gasteiger partial charge on any atom is 0.319 e. The van der Waals surface area contributed by atoms with E-state index < -0.39 is 0 Å². The fourth-order valence-corrected chi connectivity index (χ4v) is 1.64. The molecule has 0 spiro atoms. The molecule has 0 heterocycles. The van der Waals surface area contributed by atoms with Crippen LogP contribution >= 0.6 is 0 Å². The predicted molar refractivity (Wildman–Crippen MR) is 75.8 cm³/mol. The van der Waals surface area contributed by atoms with Gasteiger partial charge in [-0.3, -0.25) is 0 Å². The van der Waals surface area contributed by atoms with E-state index in [-0.39, 0.29) is 17.6 Å². The maximum atomic E-state index is 11.8. The molecule has 0 aliphatic rings. The largest absolute Gasteiger partial charge is 0.333 e. The van der Waals surface area contributed by atoms with Crippen LogP contribution in [0.3, 0.4) is 0 Å². The van der Waals surface area contributed by atoms with E-state index in [9.17, 15) is 4.79 Å². The van der Waals surface area contributed by atoms with E-state index in [1.165, 1.54) is 0 Å². The summed E-state index contributed by atoms with van der Waals surface area (Å²) in [7, 11) is 1.90. The molecule has 1 atom stereocenters. The fraction of sp³-hybridized carbons (Fsp3) is 0.500. The van der Waals surface area contributed by atoms with Gasteiger partial charge in [0, 0.05) is 17.3 Å². The Morgan fingerprint density at radius 3 is 2.39 bits per heavy atom. The topological polar surface area (TPSA) is 53.2 Å². The average Bonchev–Trinajstić information content (AvgIpc) is 2.26. The molecule has 0 saturated carbocycles. The lowest BCUT2D eigenvalue weighted by Gasteiger charge is -2.22. The number of carbonyl (C=O) groups excluding carboxylic acids is 1. The highest BCUT2D eigenvalue weighted by Crippen LogP contribution is 2.22. The highest BCUT2D eigenvalue weighted by molar-refractivity contribution is 5.90. The molecule has 1 rings (SSSR count). The van der Waals surface area contributed by atoms with Gasteiger partial charge in [0.2, 0.25) is 0 Å². The van der Waals surface area contributed by atoms with E-state index in [4.69, 9.17) is 0 Å². The van der Waals surface area contributed by atoms with Crippen LogP contribution in [0.25, 0.3) is 0 Å². The van der Waals surface area contributed by atoms with Crippen molar-refractivity contribution in [1.82, 2.24) is 10.6 Å². The molecule has 0 aromatic heterocycles. The van der Waals surface area contributed by atoms with Crippen molar-refractivity contribution in [2.45, 2.75) is 39.3 Å². The van der Waals surface area contributed by atoms with Gasteiger partial charge in [-0.1, -0.05) is 18.2 Å². The van der Waals surface area contributed by atoms with Crippen LogP contribution in [-0.2, 0) is 0 Å². The number of hydrogen-bond acceptors (Lipinski definition) is 2. The highest BCUT2D eigenvalue weighted by atomic mass is 16.2. The third-order valence-corrected chi connectivity index (χ3v) is 2.60. The van der Waals surface area contributed by atoms with Gasteiger partial charge in [-0.05, 0) is 46.4 Å². The summed E-state index contributed by atoms with van der Waals surface area (Å²) in [5, 5.41) is 8.94. The second kappa shape index (κ2) is 5.87. The number of hydrogen-bond donors (Lipinski definition) is 3. The van der Waals surface area contributed by atoms with Crippen molar-refractivity contribution >= 4 is 11.7 Å². The minimum absolute atomic E-state index is 0.182. The van der Waals surface area contributed by atoms with Crippen molar-refractivity contribution in [1.29, 1.82) is 0 Å². The van der Waals surface area contributed by atoms with Gasteiger partial charge in [0.05, 0.1) is 0 Å². The Hall–Kier alpha value is -1.55. The fourth-order valence-electron chi connectivity index (χ4n) is 1.64. The van der Waals surface area contributed by atoms with Gasteiger partial charge in [-0.25, -0.2) is 4.79 Å². The van der Waals surface area contributed by atoms with E-state index in [0.717, 1.165) is 11.3 Å². The zero-order valence-electron chi connectivity index (χ0n) is 11.8. The van der Waals surface area contributed by atoms with Gasteiger partial charge in [-0.15, -0.1) is 0 Å². The number of rotatable bonds is 3. The molecule has 3 N–H and O–H groups in total. The second-order valence-electron chi connectivity index (χ2n) is 5.43. The lowest BCUT2D eigenvalue weighted by molar-refractivity contribution is 0.244. The van der Waals surface area contributed by atoms with Crippen LogP contribution in [0, 0.1) is 0 Å². The minimum Gasteiger partial charge on any atom is -0.333 e. The zero-order valence-corrected chi connectivity index (χ0v) is 11.8. The first-order valence-electron chi connectivity index (χ1n) is 6.19. The highest BCUT2D eigenvalue weighted by Gasteiger charge is 2.15. The van der Waals surface area contributed by atoms with Crippen molar-refractivity contribution in [3.63, 3.8) is 0 Å². The number of urea groups is 1. The number of para-hydroxylation sites is 1. The first-order valence-corrected chi connectivity index (χ1v) is 6.19. The van der Waals surface area contributed by atoms with Crippen LogP contribution in [-0.4, -0.2) is 18.6 Å². The summed E-state index contributed by atoms with van der Waals surface area (Å²) in [5.41, 5.74) is 1.67. The molecule has 1 aromatic carbocycles. The van der Waals surface area contributed by atoms with Crippen LogP contribution in [0.4, 0.5) is 10.5 Å². The van der Waals surface area contributed by atoms with Gasteiger partial charge in [0.25, 0.3) is 0 Å². The lowest BCUT2D eigenvalue weighted by atomic mass is 10.1. The molecule has 0 bridgehead atoms. The van der Waals surface area contributed by atoms with Gasteiger partial charge in [-0.2, -0.15) is 0 Å². The monoisotopic (exact) mass is 249 g/mol. The molecule has 0 aliphatic carbocycles. The van der Waals surface area contributed by atoms with Crippen molar-refractivity contribution in [2.24, 2.45) is 0 Å². The number of anilines is 1. The van der Waals surface area contributed by atoms with Crippen LogP contribution in [0.1, 0.15) is 39.3 Å². The molecule has 4 nitrogen and oxygen atoms in total. The molecular formula is C14H23N3O. The molecule has 1 aromatic rings. The van der Waals surface area contributed by atoms with Crippen molar-refractivity contribution in [2.75, 3.05) is 12.4 Å². The SMILES string of the molecule is CNC(C)c1ccccc1NC(=O)NC(C)(C)C. The summed E-state index contributed by atoms with van der Waals surface area (Å²) in [4.78, 5) is 11.8. The summed E-state index contributed by atoms with van der Waals surface area (Å²) in [5.74, 6) is 0. The molecule has 18 heavy (non-hydrogen) atoms. The van der Waals surface area contributed by atoms with Gasteiger partial charge < -0.3 is 16.0 Å². The summed E-state index contributed by atoms with van der Waals surface area (Å²) < 4.78 is 0. The number of amides is 2. The summed E-state index contributed by atoms with van der Waals surface area (Å²) in [6, 6.07) is 7.81. The molecule has 0 saturated heterocycles. The van der Waals surface area contributed by atoms with Crippen LogP contribution in [0.5, 0.6) is 0 Å². The van der Waals surface area contributed by atoms with E-state index in [1.807, 2.05) is 52.1 Å². The van der Waals surface area contributed by atoms with Crippen LogP contribution in [0.15, 0.2) is 24.3 Å². The van der Waals surface area contributed by atoms with Crippen molar-refractivity contribution in [3.05, 3.63) is 29.8 Å². The number of nitrogens with one attached hydrogen (secondary N) is 3. The third-order valence-electron chi connectivity index (χ3n) is 2.60. The Balaban J connectivity index is 2.81. The van der Waals surface area contributed by atoms with Crippen LogP contribution < -0.4 is 16.0 Å². The third kappa shape index (κ3) is 4.37. The molecule has 1 unspecified atom stereocenters. The molecular weight excluding hydrogens is 226 g/mol. The van der Waals surface area contributed by atoms with Gasteiger partial charge in [0.15, 0.2) is 0 Å². The summed E-state index contributed by atoms with van der Waals surface area (Å²) >= 11 is 0. The molecule has 100 valence electrons. The predicted octanol–water partition coefficient (Wildman–Crippen LogP) is 2.89. The first kappa shape index (κ1) is 14.5. The van der Waals surface area contributed by atoms with E-state index in [0.29, 0.717) is 0 Å². The molecule has 4 heteroatoms. The Bertz CT molecular complexity index is 410. The molecule has 0 aliphatic heterocycles. The number of carbonyl (C=O) groups is 1. The Morgan fingerprint density at radius 2 is 1.83 bits per heavy atom. The standard InChI is InChI=1S/C14H23N3O/c1-10(15-5)11-8-6-7-9-12(11)16-13(18)17-14(2,3)4/h6-10,15H,1-5H3,(H2,16,17,18). The quantitative estimate of drug-likeness (QED) is 0.771.